The minimum absolute atomic E-state index is 0. The molecule has 0 aromatic rings. The van der Waals surface area contributed by atoms with Crippen LogP contribution < -0.4 is 111 Å². The summed E-state index contributed by atoms with van der Waals surface area (Å²) in [6.45, 7) is 0. The van der Waals surface area contributed by atoms with Crippen LogP contribution in [-0.4, -0.2) is 36.2 Å². The maximum Gasteiger partial charge on any atom is 1.00 e. The molecule has 0 fully saturated rings. The van der Waals surface area contributed by atoms with E-state index >= 15 is 0 Å². The number of rotatable bonds is 0. The second-order valence-corrected chi connectivity index (χ2v) is 3.39. The molecule has 58 valence electrons. The molecule has 7 nitrogen and oxygen atoms in total. The molecule has 0 saturated carbocycles. The first-order valence-corrected chi connectivity index (χ1v) is 6.23. The van der Waals surface area contributed by atoms with E-state index in [-0.39, 0.29) is 103 Å². The number of hydrogen-bond donors (Lipinski definition) is 2. The molecule has 0 radical (unpaired) electrons. The third-order valence-corrected chi connectivity index (χ3v) is 0. The summed E-state index contributed by atoms with van der Waals surface area (Å²) in [5.74, 6) is 0. The SMILES string of the molecule is O=[Se](=O)(O)O.O=[Se]([O-])[O-].[K+].[K+]. The smallest absolute Gasteiger partial charge is 1.00 e. The second kappa shape index (κ2) is 13.6. The van der Waals surface area contributed by atoms with Crippen molar-refractivity contribution in [1.29, 1.82) is 0 Å². The van der Waals surface area contributed by atoms with Gasteiger partial charge < -0.3 is 0 Å². The Labute approximate surface area is 154 Å². The average molecular weight is 350 g/mol. The monoisotopic (exact) mass is 352 g/mol. The molecule has 0 rings (SSSR count). The summed E-state index contributed by atoms with van der Waals surface area (Å²) < 4.78 is 57.5. The summed E-state index contributed by atoms with van der Waals surface area (Å²) in [7, 11) is 0. The first kappa shape index (κ1) is 24.0. The fourth-order valence-electron chi connectivity index (χ4n) is 0. The van der Waals surface area contributed by atoms with Gasteiger partial charge in [-0.15, -0.1) is 0 Å². The summed E-state index contributed by atoms with van der Waals surface area (Å²) >= 11 is -9.04. The maximum absolute atomic E-state index is 8.82. The van der Waals surface area contributed by atoms with Gasteiger partial charge in [-0.05, 0) is 0 Å². The van der Waals surface area contributed by atoms with Crippen molar-refractivity contribution in [1.82, 2.24) is 0 Å². The molecule has 0 spiro atoms. The van der Waals surface area contributed by atoms with Gasteiger partial charge in [0.05, 0.1) is 0 Å². The first-order chi connectivity index (χ1) is 3.73. The van der Waals surface area contributed by atoms with E-state index in [0.29, 0.717) is 0 Å². The van der Waals surface area contributed by atoms with Crippen molar-refractivity contribution in [3.8, 4) is 0 Å². The van der Waals surface area contributed by atoms with E-state index in [2.05, 4.69) is 0 Å². The van der Waals surface area contributed by atoms with Crippen molar-refractivity contribution in [2.24, 2.45) is 0 Å². The molecule has 0 amide bonds. The Morgan fingerprint density at radius 2 is 1.09 bits per heavy atom. The Kier molecular flexibility index (Phi) is 29.6. The minimum atomic E-state index is -5.25. The third kappa shape index (κ3) is 143. The van der Waals surface area contributed by atoms with E-state index in [4.69, 9.17) is 28.3 Å². The minimum Gasteiger partial charge on any atom is 1.00 e. The van der Waals surface area contributed by atoms with Gasteiger partial charge in [-0.25, -0.2) is 0 Å². The maximum atomic E-state index is 8.82. The molecule has 2 N–H and O–H groups in total. The van der Waals surface area contributed by atoms with Gasteiger partial charge in [0.25, 0.3) is 0 Å². The van der Waals surface area contributed by atoms with E-state index in [1.54, 1.807) is 0 Å². The van der Waals surface area contributed by atoms with Crippen molar-refractivity contribution >= 4 is 27.9 Å². The molecule has 0 saturated heterocycles. The summed E-state index contributed by atoms with van der Waals surface area (Å²) in [6, 6.07) is 0. The van der Waals surface area contributed by atoms with E-state index in [1.165, 1.54) is 0 Å². The van der Waals surface area contributed by atoms with Crippen molar-refractivity contribution in [3.05, 3.63) is 0 Å². The second-order valence-electron chi connectivity index (χ2n) is 0.652. The van der Waals surface area contributed by atoms with Crippen LogP contribution in [0, 0.1) is 0 Å². The zero-order chi connectivity index (χ0) is 8.08. The van der Waals surface area contributed by atoms with Gasteiger partial charge in [-0.1, -0.05) is 0 Å². The average Bonchev–Trinajstić information content (AvgIpc) is 1.19. The van der Waals surface area contributed by atoms with Crippen LogP contribution >= 0.6 is 0 Å². The zero-order valence-corrected chi connectivity index (χ0v) is 15.4. The molecule has 0 aliphatic heterocycles. The van der Waals surface area contributed by atoms with E-state index < -0.39 is 27.9 Å². The van der Waals surface area contributed by atoms with E-state index in [0.717, 1.165) is 0 Å². The summed E-state index contributed by atoms with van der Waals surface area (Å²) in [4.78, 5) is 0. The van der Waals surface area contributed by atoms with Crippen molar-refractivity contribution < 1.29 is 131 Å². The van der Waals surface area contributed by atoms with E-state index in [9.17, 15) is 0 Å². The third-order valence-electron chi connectivity index (χ3n) is 0. The fraction of sp³-hybridized carbons (Fsp3) is 0. The first-order valence-electron chi connectivity index (χ1n) is 1.20. The van der Waals surface area contributed by atoms with Crippen molar-refractivity contribution in [3.63, 3.8) is 0 Å². The van der Waals surface area contributed by atoms with Crippen LogP contribution in [-0.2, 0) is 11.5 Å². The summed E-state index contributed by atoms with van der Waals surface area (Å²) in [6.07, 6.45) is 0. The van der Waals surface area contributed by atoms with E-state index in [1.807, 2.05) is 0 Å². The van der Waals surface area contributed by atoms with Crippen molar-refractivity contribution in [2.75, 3.05) is 0 Å². The van der Waals surface area contributed by atoms with Crippen molar-refractivity contribution in [2.45, 2.75) is 0 Å². The number of hydrogen-bond acceptors (Lipinski definition) is 5. The molecule has 0 unspecified atom stereocenters. The van der Waals surface area contributed by atoms with Gasteiger partial charge in [0, 0.05) is 0 Å². The Morgan fingerprint density at radius 3 is 1.09 bits per heavy atom. The fourth-order valence-corrected chi connectivity index (χ4v) is 0. The molecule has 0 heterocycles. The Balaban J connectivity index is -0.0000000383. The quantitative estimate of drug-likeness (QED) is 0.414. The van der Waals surface area contributed by atoms with Crippen LogP contribution in [0.3, 0.4) is 0 Å². The van der Waals surface area contributed by atoms with Gasteiger partial charge in [0.15, 0.2) is 0 Å². The molecule has 0 aromatic carbocycles. The van der Waals surface area contributed by atoms with Gasteiger partial charge in [0.2, 0.25) is 0 Å². The van der Waals surface area contributed by atoms with Gasteiger partial charge in [-0.2, -0.15) is 0 Å². The molecule has 0 aliphatic rings. The molecule has 0 bridgehead atoms. The normalized spacial score (nSPS) is 8.45. The molecule has 0 aliphatic carbocycles. The predicted molar refractivity (Wildman–Crippen MR) is 18.0 cm³/mol. The predicted octanol–water partition coefficient (Wildman–Crippen LogP) is -10.6. The molecular formula is H2K2O7Se2. The molecule has 11 heavy (non-hydrogen) atoms. The molecule has 11 heteroatoms. The van der Waals surface area contributed by atoms with Gasteiger partial charge in [0.1, 0.15) is 0 Å². The zero-order valence-electron chi connectivity index (χ0n) is 5.75. The van der Waals surface area contributed by atoms with Crippen LogP contribution in [0.2, 0.25) is 0 Å². The van der Waals surface area contributed by atoms with Crippen LogP contribution in [0.4, 0.5) is 0 Å². The van der Waals surface area contributed by atoms with Crippen LogP contribution in [0.1, 0.15) is 0 Å². The Bertz CT molecular complexity index is 157. The standard InChI is InChI=1S/2K.H2O4Se.H2O3Se/c;;1-5(2,3)4;1-4(2)3/h;;(H2,1,2,3,4);(H2,1,2,3)/q2*+1;;/p-2. The topological polar surface area (TPSA) is 138 Å². The summed E-state index contributed by atoms with van der Waals surface area (Å²) in [5, 5.41) is 0. The van der Waals surface area contributed by atoms with Gasteiger partial charge >= 0.3 is 159 Å². The largest absolute Gasteiger partial charge is 1.00 e. The summed E-state index contributed by atoms with van der Waals surface area (Å²) in [5.41, 5.74) is 0. The van der Waals surface area contributed by atoms with Crippen LogP contribution in [0.5, 0.6) is 0 Å². The molecule has 0 atom stereocenters. The van der Waals surface area contributed by atoms with Gasteiger partial charge in [-0.3, -0.25) is 0 Å². The van der Waals surface area contributed by atoms with Crippen LogP contribution in [0.15, 0.2) is 0 Å². The Morgan fingerprint density at radius 1 is 1.09 bits per heavy atom. The van der Waals surface area contributed by atoms with Crippen LogP contribution in [0.25, 0.3) is 0 Å². The molecular weight excluding hydrogens is 348 g/mol. The molecule has 0 aromatic heterocycles. The Hall–Kier alpha value is 3.55.